The van der Waals surface area contributed by atoms with Crippen LogP contribution in [-0.4, -0.2) is 0 Å². The fourth-order valence-corrected chi connectivity index (χ4v) is 8.55. The second-order valence-corrected chi connectivity index (χ2v) is 14.3. The van der Waals surface area contributed by atoms with E-state index in [-0.39, 0.29) is 51.1 Å². The van der Waals surface area contributed by atoms with Gasteiger partial charge in [-0.2, -0.15) is 0 Å². The molecule has 1 aromatic heterocycles. The second kappa shape index (κ2) is 10.8. The molecule has 52 heavy (non-hydrogen) atoms. The molecule has 0 saturated heterocycles. The molecule has 11 rings (SSSR count). The number of hydrogen-bond acceptors (Lipinski definition) is 1. The summed E-state index contributed by atoms with van der Waals surface area (Å²) in [6, 6.07) is 37.5. The van der Waals surface area contributed by atoms with Crippen LogP contribution < -0.4 is 0 Å². The zero-order valence-corrected chi connectivity index (χ0v) is 28.5. The summed E-state index contributed by atoms with van der Waals surface area (Å²) in [5, 5.41) is 5.01. The first-order chi connectivity index (χ1) is 28.8. The molecule has 0 N–H and O–H groups in total. The van der Waals surface area contributed by atoms with Gasteiger partial charge in [0.2, 0.25) is 0 Å². The summed E-state index contributed by atoms with van der Waals surface area (Å²) >= 11 is 0. The Morgan fingerprint density at radius 3 is 1.67 bits per heavy atom. The van der Waals surface area contributed by atoms with Gasteiger partial charge >= 0.3 is 0 Å². The summed E-state index contributed by atoms with van der Waals surface area (Å²) in [7, 11) is 0. The van der Waals surface area contributed by atoms with Crippen LogP contribution in [0.25, 0.3) is 98.8 Å². The molecule has 1 heterocycles. The lowest BCUT2D eigenvalue weighted by Gasteiger charge is -2.22. The second-order valence-electron chi connectivity index (χ2n) is 14.3. The SMILES string of the molecule is [2H]c1c([2H])c([2H])c2c(-c3ccc4c(c3)-c3ccccc3C4(C)C)c3c([2H])c([2H])c([2H])c([2H])c3c(-c3ccc(-c4ccc5oc6cc7ccccc7cc6c5c4)cc3)c2c1[2H]. The van der Waals surface area contributed by atoms with Crippen LogP contribution in [0.15, 0.2) is 174 Å². The Bertz CT molecular complexity index is 3470. The minimum Gasteiger partial charge on any atom is -0.456 e. The summed E-state index contributed by atoms with van der Waals surface area (Å²) in [4.78, 5) is 0. The first kappa shape index (κ1) is 22.4. The van der Waals surface area contributed by atoms with E-state index in [1.165, 1.54) is 5.56 Å². The van der Waals surface area contributed by atoms with Gasteiger partial charge in [-0.15, -0.1) is 0 Å². The summed E-state index contributed by atoms with van der Waals surface area (Å²) in [5.74, 6) is 0. The van der Waals surface area contributed by atoms with Crippen molar-refractivity contribution in [2.24, 2.45) is 0 Å². The van der Waals surface area contributed by atoms with E-state index in [2.05, 4.69) is 56.3 Å². The maximum absolute atomic E-state index is 9.41. The first-order valence-corrected chi connectivity index (χ1v) is 17.5. The first-order valence-electron chi connectivity index (χ1n) is 21.5. The van der Waals surface area contributed by atoms with Crippen LogP contribution in [0.3, 0.4) is 0 Å². The fraction of sp³-hybridized carbons (Fsp3) is 0.0588. The quantitative estimate of drug-likeness (QED) is 0.171. The predicted molar refractivity (Wildman–Crippen MR) is 220 cm³/mol. The van der Waals surface area contributed by atoms with Crippen LogP contribution in [-0.2, 0) is 5.41 Å². The molecule has 0 radical (unpaired) electrons. The molecule has 0 aliphatic heterocycles. The van der Waals surface area contributed by atoms with E-state index in [1.807, 2.05) is 78.9 Å². The molecule has 0 saturated carbocycles. The van der Waals surface area contributed by atoms with Gasteiger partial charge in [-0.05, 0) is 118 Å². The molecule has 0 spiro atoms. The van der Waals surface area contributed by atoms with Crippen LogP contribution >= 0.6 is 0 Å². The summed E-state index contributed by atoms with van der Waals surface area (Å²) in [6.45, 7) is 4.35. The van der Waals surface area contributed by atoms with Crippen LogP contribution in [0, 0.1) is 0 Å². The number of furan rings is 1. The van der Waals surface area contributed by atoms with Crippen LogP contribution in [0.4, 0.5) is 0 Å². The van der Waals surface area contributed by atoms with Gasteiger partial charge in [-0.3, -0.25) is 0 Å². The number of fused-ring (bicyclic) bond motifs is 9. The predicted octanol–water partition coefficient (Wildman–Crippen LogP) is 14.4. The van der Waals surface area contributed by atoms with E-state index < -0.39 is 24.2 Å². The zero-order valence-electron chi connectivity index (χ0n) is 36.5. The molecule has 1 aliphatic carbocycles. The molecule has 1 heteroatoms. The van der Waals surface area contributed by atoms with Crippen molar-refractivity contribution in [1.29, 1.82) is 0 Å². The molecule has 1 nitrogen and oxygen atoms in total. The van der Waals surface area contributed by atoms with E-state index in [0.717, 1.165) is 60.5 Å². The lowest BCUT2D eigenvalue weighted by molar-refractivity contribution is 0.660. The van der Waals surface area contributed by atoms with Crippen molar-refractivity contribution in [3.63, 3.8) is 0 Å². The molecule has 0 unspecified atom stereocenters. The van der Waals surface area contributed by atoms with Crippen LogP contribution in [0.1, 0.15) is 35.9 Å². The number of rotatable bonds is 3. The minimum absolute atomic E-state index is 0.195. The topological polar surface area (TPSA) is 13.1 Å². The van der Waals surface area contributed by atoms with Gasteiger partial charge in [0.05, 0.1) is 11.0 Å². The summed E-state index contributed by atoms with van der Waals surface area (Å²) in [6.07, 6.45) is 0. The normalized spacial score (nSPS) is 15.5. The van der Waals surface area contributed by atoms with Gasteiger partial charge in [-0.1, -0.05) is 153 Å². The van der Waals surface area contributed by atoms with Crippen molar-refractivity contribution in [3.05, 3.63) is 181 Å². The Balaban J connectivity index is 1.18. The highest BCUT2D eigenvalue weighted by molar-refractivity contribution is 6.21. The van der Waals surface area contributed by atoms with E-state index in [9.17, 15) is 5.48 Å². The Labute approximate surface area is 313 Å². The minimum atomic E-state index is -0.422. The van der Waals surface area contributed by atoms with Crippen molar-refractivity contribution in [2.45, 2.75) is 19.3 Å². The van der Waals surface area contributed by atoms with E-state index in [1.54, 1.807) is 0 Å². The van der Waals surface area contributed by atoms with E-state index in [4.69, 9.17) is 9.90 Å². The number of benzene rings is 9. The maximum Gasteiger partial charge on any atom is 0.136 e. The van der Waals surface area contributed by atoms with E-state index in [0.29, 0.717) is 22.3 Å². The van der Waals surface area contributed by atoms with Crippen molar-refractivity contribution >= 4 is 54.3 Å². The molecular weight excluding hydrogens is 629 g/mol. The molecule has 0 amide bonds. The van der Waals surface area contributed by atoms with E-state index >= 15 is 0 Å². The average molecular weight is 671 g/mol. The molecular formula is C51H34O. The standard InChI is InChI=1S/C51H34O/c1-51(2)45-18-10-9-13-37(45)42-29-36(23-25-46(42)51)50-40-16-7-5-14-38(40)49(39-15-6-8-17-41(39)50)32-21-19-31(20-22-32)35-24-26-47-43(28-35)44-27-33-11-3-4-12-34(33)30-48(44)52-47/h3-30H,1-2H3/i5D,6D,7D,8D,14D,15D,16D,17D. The highest BCUT2D eigenvalue weighted by Gasteiger charge is 2.35. The third-order valence-corrected chi connectivity index (χ3v) is 11.1. The molecule has 1 aliphatic rings. The van der Waals surface area contributed by atoms with Gasteiger partial charge < -0.3 is 4.42 Å². The fourth-order valence-electron chi connectivity index (χ4n) is 8.55. The Morgan fingerprint density at radius 1 is 0.423 bits per heavy atom. The summed E-state index contributed by atoms with van der Waals surface area (Å²) in [5.41, 5.74) is 9.27. The molecule has 0 fully saturated rings. The van der Waals surface area contributed by atoms with Crippen molar-refractivity contribution in [1.82, 2.24) is 0 Å². The smallest absolute Gasteiger partial charge is 0.136 e. The lowest BCUT2D eigenvalue weighted by atomic mass is 9.81. The van der Waals surface area contributed by atoms with Gasteiger partial charge in [0, 0.05) is 16.2 Å². The summed E-state index contributed by atoms with van der Waals surface area (Å²) < 4.78 is 79.3. The van der Waals surface area contributed by atoms with Crippen molar-refractivity contribution in [3.8, 4) is 44.5 Å². The highest BCUT2D eigenvalue weighted by Crippen LogP contribution is 2.51. The Morgan fingerprint density at radius 2 is 0.962 bits per heavy atom. The van der Waals surface area contributed by atoms with Gasteiger partial charge in [0.1, 0.15) is 11.2 Å². The molecule has 9 aromatic carbocycles. The zero-order chi connectivity index (χ0) is 41.5. The Kier molecular flexibility index (Phi) is 4.64. The maximum atomic E-state index is 9.41. The Hall–Kier alpha value is -6.44. The lowest BCUT2D eigenvalue weighted by Crippen LogP contribution is -2.14. The van der Waals surface area contributed by atoms with Gasteiger partial charge in [0.25, 0.3) is 0 Å². The van der Waals surface area contributed by atoms with Crippen molar-refractivity contribution in [2.75, 3.05) is 0 Å². The van der Waals surface area contributed by atoms with Crippen LogP contribution in [0.5, 0.6) is 0 Å². The molecule has 10 aromatic rings. The molecule has 244 valence electrons. The van der Waals surface area contributed by atoms with Crippen LogP contribution in [0.2, 0.25) is 0 Å². The third kappa shape index (κ3) is 4.17. The highest BCUT2D eigenvalue weighted by atomic mass is 16.3. The average Bonchev–Trinajstić information content (AvgIpc) is 3.74. The van der Waals surface area contributed by atoms with Gasteiger partial charge in [-0.25, -0.2) is 0 Å². The molecule has 0 atom stereocenters. The largest absolute Gasteiger partial charge is 0.456 e. The third-order valence-electron chi connectivity index (χ3n) is 11.1. The number of hydrogen-bond donors (Lipinski definition) is 0. The molecule has 0 bridgehead atoms. The van der Waals surface area contributed by atoms with Crippen molar-refractivity contribution < 1.29 is 15.4 Å². The monoisotopic (exact) mass is 670 g/mol. The van der Waals surface area contributed by atoms with Gasteiger partial charge in [0.15, 0.2) is 0 Å².